The molecule has 20 heavy (non-hydrogen) atoms. The van der Waals surface area contributed by atoms with Gasteiger partial charge in [0.1, 0.15) is 0 Å². The first-order valence-electron chi connectivity index (χ1n) is 7.65. The van der Waals surface area contributed by atoms with Crippen molar-refractivity contribution in [2.45, 2.75) is 39.2 Å². The van der Waals surface area contributed by atoms with Gasteiger partial charge in [-0.05, 0) is 37.7 Å². The van der Waals surface area contributed by atoms with Crippen LogP contribution in [0.25, 0.3) is 0 Å². The molecule has 1 aliphatic heterocycles. The second kappa shape index (κ2) is 7.60. The molecule has 1 fully saturated rings. The van der Waals surface area contributed by atoms with Gasteiger partial charge < -0.3 is 15.5 Å². The summed E-state index contributed by atoms with van der Waals surface area (Å²) in [6.45, 7) is 8.18. The lowest BCUT2D eigenvalue weighted by Crippen LogP contribution is -3.13. The van der Waals surface area contributed by atoms with Gasteiger partial charge in [-0.15, -0.1) is 0 Å². The Labute approximate surface area is 127 Å². The molecule has 2 rings (SSSR count). The largest absolute Gasteiger partial charge is 0.359 e. The second-order valence-electron chi connectivity index (χ2n) is 5.74. The van der Waals surface area contributed by atoms with Crippen LogP contribution in [0.5, 0.6) is 0 Å². The Balaban J connectivity index is 1.74. The summed E-state index contributed by atoms with van der Waals surface area (Å²) >= 11 is 5.40. The zero-order chi connectivity index (χ0) is 14.4. The van der Waals surface area contributed by atoms with Crippen LogP contribution in [0.3, 0.4) is 0 Å². The fourth-order valence-corrected chi connectivity index (χ4v) is 3.05. The number of rotatable bonds is 4. The summed E-state index contributed by atoms with van der Waals surface area (Å²) in [7, 11) is 0. The molecule has 4 heteroatoms. The van der Waals surface area contributed by atoms with Crippen molar-refractivity contribution < 1.29 is 4.90 Å². The van der Waals surface area contributed by atoms with Crippen LogP contribution in [0.2, 0.25) is 0 Å². The van der Waals surface area contributed by atoms with Crippen LogP contribution in [0.1, 0.15) is 31.7 Å². The summed E-state index contributed by atoms with van der Waals surface area (Å²) < 4.78 is 0. The molecular formula is C16H26N3S+. The Morgan fingerprint density at radius 2 is 1.90 bits per heavy atom. The predicted octanol–water partition coefficient (Wildman–Crippen LogP) is 1.74. The fraction of sp³-hybridized carbons (Fsp3) is 0.562. The van der Waals surface area contributed by atoms with Gasteiger partial charge in [0, 0.05) is 24.6 Å². The molecule has 0 amide bonds. The molecule has 1 aromatic rings. The first kappa shape index (κ1) is 15.3. The minimum Gasteiger partial charge on any atom is -0.359 e. The van der Waals surface area contributed by atoms with Gasteiger partial charge >= 0.3 is 0 Å². The Kier molecular flexibility index (Phi) is 5.80. The van der Waals surface area contributed by atoms with Crippen molar-refractivity contribution in [1.82, 2.24) is 5.32 Å². The van der Waals surface area contributed by atoms with E-state index in [1.54, 1.807) is 4.90 Å². The van der Waals surface area contributed by atoms with Gasteiger partial charge in [0.15, 0.2) is 5.11 Å². The van der Waals surface area contributed by atoms with E-state index in [9.17, 15) is 0 Å². The second-order valence-corrected chi connectivity index (χ2v) is 6.15. The summed E-state index contributed by atoms with van der Waals surface area (Å²) in [6.07, 6.45) is 3.71. The fourth-order valence-electron chi connectivity index (χ4n) is 2.76. The lowest BCUT2D eigenvalue weighted by molar-refractivity contribution is -0.905. The lowest BCUT2D eigenvalue weighted by Gasteiger charge is -2.30. The molecule has 0 saturated carbocycles. The molecule has 0 atom stereocenters. The van der Waals surface area contributed by atoms with E-state index in [1.165, 1.54) is 44.5 Å². The molecule has 0 radical (unpaired) electrons. The third kappa shape index (κ3) is 4.76. The minimum absolute atomic E-state index is 0.529. The van der Waals surface area contributed by atoms with Gasteiger partial charge in [0.05, 0.1) is 19.6 Å². The van der Waals surface area contributed by atoms with Crippen LogP contribution in [0.4, 0.5) is 5.69 Å². The summed E-state index contributed by atoms with van der Waals surface area (Å²) in [5.74, 6) is 0. The van der Waals surface area contributed by atoms with E-state index in [0.29, 0.717) is 6.04 Å². The number of nitrogens with one attached hydrogen (secondary N) is 3. The van der Waals surface area contributed by atoms with Gasteiger partial charge in [0.2, 0.25) is 0 Å². The van der Waals surface area contributed by atoms with Gasteiger partial charge in [-0.2, -0.15) is 0 Å². The van der Waals surface area contributed by atoms with Crippen molar-refractivity contribution >= 4 is 23.0 Å². The van der Waals surface area contributed by atoms with E-state index in [0.717, 1.165) is 10.8 Å². The molecule has 3 nitrogen and oxygen atoms in total. The number of aryl methyl sites for hydroxylation is 1. The quantitative estimate of drug-likeness (QED) is 0.738. The molecule has 3 N–H and O–H groups in total. The molecule has 0 aromatic heterocycles. The zero-order valence-corrected chi connectivity index (χ0v) is 13.4. The van der Waals surface area contributed by atoms with Crippen LogP contribution in [0.15, 0.2) is 24.3 Å². The maximum atomic E-state index is 5.40. The van der Waals surface area contributed by atoms with E-state index in [2.05, 4.69) is 48.7 Å². The highest BCUT2D eigenvalue weighted by Gasteiger charge is 2.21. The van der Waals surface area contributed by atoms with Crippen LogP contribution in [-0.2, 0) is 0 Å². The molecule has 0 aliphatic carbocycles. The Bertz CT molecular complexity index is 422. The molecular weight excluding hydrogens is 266 g/mol. The summed E-state index contributed by atoms with van der Waals surface area (Å²) in [6, 6.07) is 8.85. The van der Waals surface area contributed by atoms with E-state index in [-0.39, 0.29) is 0 Å². The van der Waals surface area contributed by atoms with Crippen LogP contribution >= 0.6 is 12.2 Å². The van der Waals surface area contributed by atoms with Crippen molar-refractivity contribution in [3.63, 3.8) is 0 Å². The number of quaternary nitrogens is 1. The van der Waals surface area contributed by atoms with Gasteiger partial charge in [-0.25, -0.2) is 0 Å². The third-order valence-electron chi connectivity index (χ3n) is 3.94. The maximum Gasteiger partial charge on any atom is 0.171 e. The number of hydrogen-bond acceptors (Lipinski definition) is 1. The number of thiocarbonyl (C=S) groups is 1. The van der Waals surface area contributed by atoms with Crippen molar-refractivity contribution in [3.8, 4) is 0 Å². The molecule has 1 aliphatic rings. The molecule has 1 heterocycles. The highest BCUT2D eigenvalue weighted by atomic mass is 32.1. The van der Waals surface area contributed by atoms with Crippen LogP contribution in [0, 0.1) is 6.92 Å². The Hall–Kier alpha value is -1.13. The van der Waals surface area contributed by atoms with Crippen LogP contribution < -0.4 is 15.5 Å². The summed E-state index contributed by atoms with van der Waals surface area (Å²) in [4.78, 5) is 1.74. The summed E-state index contributed by atoms with van der Waals surface area (Å²) in [5, 5.41) is 7.47. The monoisotopic (exact) mass is 292 g/mol. The molecule has 1 saturated heterocycles. The minimum atomic E-state index is 0.529. The van der Waals surface area contributed by atoms with Crippen LogP contribution in [-0.4, -0.2) is 30.8 Å². The normalized spacial score (nSPS) is 22.3. The number of hydrogen-bond donors (Lipinski definition) is 3. The molecule has 0 bridgehead atoms. The van der Waals surface area contributed by atoms with Crippen molar-refractivity contribution in [3.05, 3.63) is 29.8 Å². The van der Waals surface area contributed by atoms with Crippen molar-refractivity contribution in [2.24, 2.45) is 0 Å². The molecule has 0 spiro atoms. The molecule has 1 aromatic carbocycles. The Morgan fingerprint density at radius 1 is 1.25 bits per heavy atom. The highest BCUT2D eigenvalue weighted by molar-refractivity contribution is 7.80. The zero-order valence-electron chi connectivity index (χ0n) is 12.5. The van der Waals surface area contributed by atoms with Gasteiger partial charge in [-0.3, -0.25) is 0 Å². The number of anilines is 1. The van der Waals surface area contributed by atoms with E-state index in [1.807, 2.05) is 0 Å². The molecule has 0 unspecified atom stereocenters. The standard InChI is InChI=1S/C16H25N3S/c1-3-10-19-11-8-15(9-12-19)18-16(20)17-14-6-4-13(2)5-7-14/h4-7,15H,3,8-12H2,1-2H3,(H2,17,18,20)/p+1. The number of likely N-dealkylation sites (tertiary alicyclic amines) is 1. The van der Waals surface area contributed by atoms with Crippen molar-refractivity contribution in [2.75, 3.05) is 25.0 Å². The smallest absolute Gasteiger partial charge is 0.171 e. The SMILES string of the molecule is CCC[NH+]1CCC(NC(=S)Nc2ccc(C)cc2)CC1. The number of benzene rings is 1. The first-order valence-corrected chi connectivity index (χ1v) is 8.06. The van der Waals surface area contributed by atoms with Gasteiger partial charge in [0.25, 0.3) is 0 Å². The van der Waals surface area contributed by atoms with E-state index in [4.69, 9.17) is 12.2 Å². The topological polar surface area (TPSA) is 28.5 Å². The average molecular weight is 292 g/mol. The summed E-state index contributed by atoms with van der Waals surface area (Å²) in [5.41, 5.74) is 2.32. The van der Waals surface area contributed by atoms with Gasteiger partial charge in [-0.1, -0.05) is 24.6 Å². The lowest BCUT2D eigenvalue weighted by atomic mass is 10.1. The molecule has 110 valence electrons. The first-order chi connectivity index (χ1) is 9.67. The van der Waals surface area contributed by atoms with E-state index < -0.39 is 0 Å². The Morgan fingerprint density at radius 3 is 2.50 bits per heavy atom. The maximum absolute atomic E-state index is 5.40. The predicted molar refractivity (Wildman–Crippen MR) is 89.4 cm³/mol. The van der Waals surface area contributed by atoms with Crippen molar-refractivity contribution in [1.29, 1.82) is 0 Å². The average Bonchev–Trinajstić information content (AvgIpc) is 2.44. The van der Waals surface area contributed by atoms with E-state index >= 15 is 0 Å². The number of piperidine rings is 1. The third-order valence-corrected chi connectivity index (χ3v) is 4.16. The highest BCUT2D eigenvalue weighted by Crippen LogP contribution is 2.09.